The predicted octanol–water partition coefficient (Wildman–Crippen LogP) is 8.79. The predicted molar refractivity (Wildman–Crippen MR) is 177 cm³/mol. The molecule has 0 spiro atoms. The van der Waals surface area contributed by atoms with E-state index < -0.39 is 0 Å². The number of aromatic nitrogens is 6. The Morgan fingerprint density at radius 2 is 0.955 bits per heavy atom. The second-order valence-corrected chi connectivity index (χ2v) is 10.8. The van der Waals surface area contributed by atoms with Gasteiger partial charge in [-0.2, -0.15) is 0 Å². The summed E-state index contributed by atoms with van der Waals surface area (Å²) < 4.78 is 4.65. The van der Waals surface area contributed by atoms with E-state index in [1.165, 1.54) is 0 Å². The zero-order valence-corrected chi connectivity index (χ0v) is 23.5. The summed E-state index contributed by atoms with van der Waals surface area (Å²) in [5.41, 5.74) is 12.1. The fraction of sp³-hybridized carbons (Fsp3) is 0. The van der Waals surface area contributed by atoms with E-state index in [1.807, 2.05) is 67.3 Å². The molecule has 44 heavy (non-hydrogen) atoms. The molecule has 0 saturated heterocycles. The normalized spacial score (nSPS) is 11.6. The highest BCUT2D eigenvalue weighted by molar-refractivity contribution is 6.21. The van der Waals surface area contributed by atoms with Gasteiger partial charge in [-0.3, -0.25) is 19.9 Å². The minimum Gasteiger partial charge on any atom is -0.307 e. The van der Waals surface area contributed by atoms with Crippen LogP contribution in [0.3, 0.4) is 0 Å². The van der Waals surface area contributed by atoms with E-state index in [0.29, 0.717) is 0 Å². The van der Waals surface area contributed by atoms with Crippen LogP contribution in [-0.4, -0.2) is 29.1 Å². The van der Waals surface area contributed by atoms with Crippen molar-refractivity contribution in [1.29, 1.82) is 0 Å². The third-order valence-electron chi connectivity index (χ3n) is 8.33. The first kappa shape index (κ1) is 24.5. The lowest BCUT2D eigenvalue weighted by molar-refractivity contribution is 1.14. The Hall–Kier alpha value is -6.14. The summed E-state index contributed by atoms with van der Waals surface area (Å²) in [6.45, 7) is 0. The van der Waals surface area contributed by atoms with Crippen molar-refractivity contribution < 1.29 is 0 Å². The van der Waals surface area contributed by atoms with Crippen molar-refractivity contribution in [1.82, 2.24) is 29.1 Å². The van der Waals surface area contributed by atoms with E-state index in [9.17, 15) is 0 Å². The summed E-state index contributed by atoms with van der Waals surface area (Å²) in [5, 5.41) is 2.25. The number of fused-ring (bicyclic) bond motifs is 7. The Morgan fingerprint density at radius 3 is 1.59 bits per heavy atom. The van der Waals surface area contributed by atoms with Gasteiger partial charge in [0.2, 0.25) is 0 Å². The van der Waals surface area contributed by atoms with Gasteiger partial charge in [0.1, 0.15) is 11.0 Å². The fourth-order valence-electron chi connectivity index (χ4n) is 6.36. The molecule has 6 heterocycles. The van der Waals surface area contributed by atoms with E-state index >= 15 is 0 Å². The van der Waals surface area contributed by atoms with Crippen molar-refractivity contribution >= 4 is 43.9 Å². The minimum atomic E-state index is 0.871. The lowest BCUT2D eigenvalue weighted by atomic mass is 10.1. The largest absolute Gasteiger partial charge is 0.307 e. The maximum Gasteiger partial charge on any atom is 0.117 e. The van der Waals surface area contributed by atoms with Crippen LogP contribution in [-0.2, 0) is 0 Å². The van der Waals surface area contributed by atoms with E-state index in [4.69, 9.17) is 9.97 Å². The highest BCUT2D eigenvalue weighted by Crippen LogP contribution is 2.40. The highest BCUT2D eigenvalue weighted by Gasteiger charge is 2.22. The van der Waals surface area contributed by atoms with Crippen molar-refractivity contribution in [3.8, 4) is 33.9 Å². The zero-order valence-electron chi connectivity index (χ0n) is 23.5. The molecule has 0 fully saturated rings. The molecule has 0 atom stereocenters. The molecular formula is C38H24N6. The van der Waals surface area contributed by atoms with Crippen molar-refractivity contribution in [3.05, 3.63) is 146 Å². The maximum atomic E-state index is 5.04. The number of benzene rings is 3. The Kier molecular flexibility index (Phi) is 5.40. The van der Waals surface area contributed by atoms with Crippen molar-refractivity contribution in [2.45, 2.75) is 0 Å². The molecule has 0 N–H and O–H groups in total. The lowest BCUT2D eigenvalue weighted by Gasteiger charge is -2.13. The van der Waals surface area contributed by atoms with Crippen LogP contribution < -0.4 is 0 Å². The number of hydrogen-bond acceptors (Lipinski definition) is 4. The van der Waals surface area contributed by atoms with Crippen LogP contribution in [0, 0.1) is 0 Å². The van der Waals surface area contributed by atoms with Gasteiger partial charge in [-0.1, -0.05) is 54.6 Å². The molecule has 6 aromatic heterocycles. The first-order valence-electron chi connectivity index (χ1n) is 14.6. The fourth-order valence-corrected chi connectivity index (χ4v) is 6.36. The van der Waals surface area contributed by atoms with Crippen molar-refractivity contribution in [2.75, 3.05) is 0 Å². The van der Waals surface area contributed by atoms with Crippen LogP contribution >= 0.6 is 0 Å². The number of hydrogen-bond donors (Lipinski definition) is 0. The second kappa shape index (κ2) is 9.71. The molecule has 206 valence electrons. The number of nitrogens with zero attached hydrogens (tertiary/aromatic N) is 6. The van der Waals surface area contributed by atoms with Crippen molar-refractivity contribution in [3.63, 3.8) is 0 Å². The SMILES string of the molecule is c1ccc(-c2ccc(-n3c4ccccc4c4cnc5c6ncccc6n(-c6ccc(-c7ccccn7)cc6)c5c43)cc2)nc1. The zero-order chi connectivity index (χ0) is 29.0. The van der Waals surface area contributed by atoms with Crippen molar-refractivity contribution in [2.24, 2.45) is 0 Å². The van der Waals surface area contributed by atoms with Crippen LogP contribution in [0.4, 0.5) is 0 Å². The third-order valence-corrected chi connectivity index (χ3v) is 8.33. The number of pyridine rings is 4. The summed E-state index contributed by atoms with van der Waals surface area (Å²) in [4.78, 5) is 19.0. The standard InChI is InChI=1S/C38H24N6/c1-2-11-33-29(8-1)30-24-42-36-35-34(12-7-23-41-35)44(28-19-15-26(16-20-28)32-10-4-6-22-40-32)38(36)37(30)43(33)27-17-13-25(14-18-27)31-9-3-5-21-39-31/h1-24H. The summed E-state index contributed by atoms with van der Waals surface area (Å²) in [6, 6.07) is 41.8. The Balaban J connectivity index is 1.35. The molecule has 0 unspecified atom stereocenters. The second-order valence-electron chi connectivity index (χ2n) is 10.8. The van der Waals surface area contributed by atoms with Crippen LogP contribution in [0.25, 0.3) is 77.8 Å². The maximum absolute atomic E-state index is 5.04. The summed E-state index contributed by atoms with van der Waals surface area (Å²) in [7, 11) is 0. The first-order valence-corrected chi connectivity index (χ1v) is 14.6. The Morgan fingerprint density at radius 1 is 0.386 bits per heavy atom. The average Bonchev–Trinajstić information content (AvgIpc) is 3.62. The quantitative estimate of drug-likeness (QED) is 0.214. The molecule has 6 heteroatoms. The van der Waals surface area contributed by atoms with Crippen LogP contribution in [0.5, 0.6) is 0 Å². The minimum absolute atomic E-state index is 0.871. The highest BCUT2D eigenvalue weighted by atomic mass is 15.1. The van der Waals surface area contributed by atoms with Gasteiger partial charge in [0.15, 0.2) is 0 Å². The van der Waals surface area contributed by atoms with E-state index in [2.05, 4.69) is 98.0 Å². The summed E-state index contributed by atoms with van der Waals surface area (Å²) in [5.74, 6) is 0. The van der Waals surface area contributed by atoms with Gasteiger partial charge in [0.05, 0.1) is 33.5 Å². The van der Waals surface area contributed by atoms with Gasteiger partial charge in [0.25, 0.3) is 0 Å². The van der Waals surface area contributed by atoms with Gasteiger partial charge < -0.3 is 9.13 Å². The van der Waals surface area contributed by atoms with Crippen LogP contribution in [0.15, 0.2) is 146 Å². The van der Waals surface area contributed by atoms with E-state index in [1.54, 1.807) is 0 Å². The van der Waals surface area contributed by atoms with Gasteiger partial charge in [0, 0.05) is 58.1 Å². The summed E-state index contributed by atoms with van der Waals surface area (Å²) >= 11 is 0. The molecule has 9 aromatic rings. The van der Waals surface area contributed by atoms with E-state index in [-0.39, 0.29) is 0 Å². The molecule has 0 saturated carbocycles. The molecule has 9 rings (SSSR count). The summed E-state index contributed by atoms with van der Waals surface area (Å²) in [6.07, 6.45) is 7.50. The average molecular weight is 565 g/mol. The molecule has 0 radical (unpaired) electrons. The van der Waals surface area contributed by atoms with E-state index in [0.717, 1.165) is 77.8 Å². The topological polar surface area (TPSA) is 61.4 Å². The van der Waals surface area contributed by atoms with Gasteiger partial charge in [-0.25, -0.2) is 0 Å². The van der Waals surface area contributed by atoms with Gasteiger partial charge in [-0.05, 0) is 66.7 Å². The monoisotopic (exact) mass is 564 g/mol. The molecule has 0 bridgehead atoms. The third kappa shape index (κ3) is 3.68. The molecule has 0 amide bonds. The Bertz CT molecular complexity index is 2280. The molecule has 3 aromatic carbocycles. The van der Waals surface area contributed by atoms with Gasteiger partial charge >= 0.3 is 0 Å². The number of rotatable bonds is 4. The number of para-hydroxylation sites is 1. The smallest absolute Gasteiger partial charge is 0.117 e. The molecule has 0 aliphatic carbocycles. The first-order chi connectivity index (χ1) is 21.8. The van der Waals surface area contributed by atoms with Gasteiger partial charge in [-0.15, -0.1) is 0 Å². The van der Waals surface area contributed by atoms with Crippen LogP contribution in [0.1, 0.15) is 0 Å². The molecular weight excluding hydrogens is 540 g/mol. The molecule has 0 aliphatic rings. The van der Waals surface area contributed by atoms with Crippen LogP contribution in [0.2, 0.25) is 0 Å². The molecule has 6 nitrogen and oxygen atoms in total. The molecule has 0 aliphatic heterocycles. The Labute approximate surface area is 252 Å². The lowest BCUT2D eigenvalue weighted by Crippen LogP contribution is -1.99.